The van der Waals surface area contributed by atoms with Gasteiger partial charge in [-0.15, -0.1) is 11.3 Å². The first-order valence-electron chi connectivity index (χ1n) is 7.25. The highest BCUT2D eigenvalue weighted by molar-refractivity contribution is 7.09. The summed E-state index contributed by atoms with van der Waals surface area (Å²) in [6.07, 6.45) is 3.27. The Bertz CT molecular complexity index is 607. The maximum atomic E-state index is 12.3. The fraction of sp³-hybridized carbons (Fsp3) is 0.375. The maximum Gasteiger partial charge on any atom is 0.270 e. The van der Waals surface area contributed by atoms with Crippen molar-refractivity contribution in [3.63, 3.8) is 0 Å². The van der Waals surface area contributed by atoms with Gasteiger partial charge in [0.2, 0.25) is 0 Å². The smallest absolute Gasteiger partial charge is 0.270 e. The number of carbonyl (C=O) groups excluding carboxylic acids is 1. The van der Waals surface area contributed by atoms with Gasteiger partial charge in [0.05, 0.1) is 0 Å². The van der Waals surface area contributed by atoms with Crippen molar-refractivity contribution in [2.45, 2.75) is 31.8 Å². The normalized spacial score (nSPS) is 15.7. The predicted octanol–water partition coefficient (Wildman–Crippen LogP) is 2.35. The van der Waals surface area contributed by atoms with Gasteiger partial charge < -0.3 is 11.1 Å². The van der Waals surface area contributed by atoms with Gasteiger partial charge in [0.1, 0.15) is 10.7 Å². The van der Waals surface area contributed by atoms with Gasteiger partial charge in [-0.3, -0.25) is 4.79 Å². The molecule has 2 aromatic rings. The van der Waals surface area contributed by atoms with Crippen LogP contribution in [0.5, 0.6) is 0 Å². The van der Waals surface area contributed by atoms with Crippen molar-refractivity contribution >= 4 is 17.2 Å². The Hall–Kier alpha value is -1.72. The number of rotatable bonds is 6. The number of carbonyl (C=O) groups is 1. The average molecular weight is 301 g/mol. The first-order chi connectivity index (χ1) is 10.3. The first kappa shape index (κ1) is 14.2. The van der Waals surface area contributed by atoms with E-state index in [0.717, 1.165) is 11.4 Å². The van der Waals surface area contributed by atoms with E-state index in [1.54, 1.807) is 5.38 Å². The van der Waals surface area contributed by atoms with Crippen molar-refractivity contribution in [1.29, 1.82) is 0 Å². The molecule has 1 aliphatic rings. The fourth-order valence-electron chi connectivity index (χ4n) is 2.45. The van der Waals surface area contributed by atoms with Gasteiger partial charge >= 0.3 is 0 Å². The molecule has 0 aliphatic heterocycles. The van der Waals surface area contributed by atoms with E-state index in [-0.39, 0.29) is 11.9 Å². The number of nitrogens with two attached hydrogens (primary N) is 1. The molecule has 5 heteroatoms. The van der Waals surface area contributed by atoms with Crippen LogP contribution in [0.1, 0.15) is 33.9 Å². The first-order valence-corrected chi connectivity index (χ1v) is 8.13. The second-order valence-corrected chi connectivity index (χ2v) is 6.38. The van der Waals surface area contributed by atoms with Gasteiger partial charge in [-0.2, -0.15) is 0 Å². The molecule has 1 fully saturated rings. The van der Waals surface area contributed by atoms with E-state index in [1.165, 1.54) is 29.7 Å². The zero-order valence-corrected chi connectivity index (χ0v) is 12.6. The minimum atomic E-state index is -0.0845. The monoisotopic (exact) mass is 301 g/mol. The molecule has 1 aromatic carbocycles. The molecular weight excluding hydrogens is 282 g/mol. The standard InChI is InChI=1S/C16H19N3OS/c17-9-15-18-14(10-21-15)16(20)19-13(12-6-7-12)8-11-4-2-1-3-5-11/h1-5,10,12-13H,6-9,17H2,(H,19,20)/t13-/m1/s1. The number of hydrogen-bond donors (Lipinski definition) is 2. The molecule has 1 aromatic heterocycles. The molecule has 4 nitrogen and oxygen atoms in total. The third-order valence-corrected chi connectivity index (χ3v) is 4.64. The zero-order chi connectivity index (χ0) is 14.7. The zero-order valence-electron chi connectivity index (χ0n) is 11.8. The minimum Gasteiger partial charge on any atom is -0.347 e. The second-order valence-electron chi connectivity index (χ2n) is 5.44. The van der Waals surface area contributed by atoms with E-state index >= 15 is 0 Å². The van der Waals surface area contributed by atoms with Gasteiger partial charge in [-0.1, -0.05) is 30.3 Å². The molecule has 3 rings (SSSR count). The SMILES string of the molecule is NCc1nc(C(=O)N[C@H](Cc2ccccc2)C2CC2)cs1. The Morgan fingerprint density at radius 1 is 1.38 bits per heavy atom. The highest BCUT2D eigenvalue weighted by Gasteiger charge is 2.32. The topological polar surface area (TPSA) is 68.0 Å². The molecule has 110 valence electrons. The number of benzene rings is 1. The molecule has 1 atom stereocenters. The number of aromatic nitrogens is 1. The molecule has 3 N–H and O–H groups in total. The summed E-state index contributed by atoms with van der Waals surface area (Å²) in [7, 11) is 0. The molecule has 0 spiro atoms. The lowest BCUT2D eigenvalue weighted by Gasteiger charge is -2.17. The second kappa shape index (κ2) is 6.37. The number of hydrogen-bond acceptors (Lipinski definition) is 4. The molecular formula is C16H19N3OS. The van der Waals surface area contributed by atoms with Crippen LogP contribution in [0.4, 0.5) is 0 Å². The number of thiazole rings is 1. The van der Waals surface area contributed by atoms with E-state index in [9.17, 15) is 4.79 Å². The van der Waals surface area contributed by atoms with Crippen LogP contribution < -0.4 is 11.1 Å². The quantitative estimate of drug-likeness (QED) is 0.860. The third kappa shape index (κ3) is 3.68. The van der Waals surface area contributed by atoms with Crippen LogP contribution in [0.3, 0.4) is 0 Å². The van der Waals surface area contributed by atoms with Crippen molar-refractivity contribution < 1.29 is 4.79 Å². The van der Waals surface area contributed by atoms with Gasteiger partial charge in [0.25, 0.3) is 5.91 Å². The number of amides is 1. The third-order valence-electron chi connectivity index (χ3n) is 3.76. The Labute approximate surface area is 128 Å². The van der Waals surface area contributed by atoms with Crippen LogP contribution in [-0.2, 0) is 13.0 Å². The van der Waals surface area contributed by atoms with Crippen LogP contribution >= 0.6 is 11.3 Å². The fourth-order valence-corrected chi connectivity index (χ4v) is 3.11. The van der Waals surface area contributed by atoms with Crippen molar-refractivity contribution in [3.8, 4) is 0 Å². The summed E-state index contributed by atoms with van der Waals surface area (Å²) in [5.74, 6) is 0.514. The van der Waals surface area contributed by atoms with Gasteiger partial charge in [0, 0.05) is 18.0 Å². The molecule has 0 saturated heterocycles. The number of nitrogens with zero attached hydrogens (tertiary/aromatic N) is 1. The van der Waals surface area contributed by atoms with Crippen LogP contribution in [-0.4, -0.2) is 16.9 Å². The molecule has 0 bridgehead atoms. The lowest BCUT2D eigenvalue weighted by Crippen LogP contribution is -2.38. The Balaban J connectivity index is 1.66. The summed E-state index contributed by atoms with van der Waals surface area (Å²) in [4.78, 5) is 16.5. The van der Waals surface area contributed by atoms with Crippen LogP contribution in [0, 0.1) is 5.92 Å². The molecule has 0 unspecified atom stereocenters. The van der Waals surface area contributed by atoms with E-state index in [0.29, 0.717) is 18.2 Å². The van der Waals surface area contributed by atoms with E-state index in [1.807, 2.05) is 18.2 Å². The Morgan fingerprint density at radius 3 is 2.76 bits per heavy atom. The predicted molar refractivity (Wildman–Crippen MR) is 84.1 cm³/mol. The van der Waals surface area contributed by atoms with E-state index in [4.69, 9.17) is 5.73 Å². The molecule has 0 radical (unpaired) electrons. The van der Waals surface area contributed by atoms with Crippen molar-refractivity contribution in [3.05, 3.63) is 52.0 Å². The van der Waals surface area contributed by atoms with E-state index in [2.05, 4.69) is 22.4 Å². The summed E-state index contributed by atoms with van der Waals surface area (Å²) in [6, 6.07) is 10.5. The van der Waals surface area contributed by atoms with Crippen molar-refractivity contribution in [2.75, 3.05) is 0 Å². The lowest BCUT2D eigenvalue weighted by atomic mass is 10.0. The van der Waals surface area contributed by atoms with Gasteiger partial charge in [-0.05, 0) is 30.7 Å². The van der Waals surface area contributed by atoms with Gasteiger partial charge in [-0.25, -0.2) is 4.98 Å². The largest absolute Gasteiger partial charge is 0.347 e. The molecule has 1 aliphatic carbocycles. The molecule has 1 saturated carbocycles. The van der Waals surface area contributed by atoms with Crippen LogP contribution in [0.2, 0.25) is 0 Å². The summed E-state index contributed by atoms with van der Waals surface area (Å²) in [6.45, 7) is 0.383. The van der Waals surface area contributed by atoms with Crippen molar-refractivity contribution in [2.24, 2.45) is 11.7 Å². The average Bonchev–Trinajstić information content (AvgIpc) is 3.24. The number of nitrogens with one attached hydrogen (secondary N) is 1. The Kier molecular flexibility index (Phi) is 4.31. The van der Waals surface area contributed by atoms with Crippen LogP contribution in [0.15, 0.2) is 35.7 Å². The summed E-state index contributed by atoms with van der Waals surface area (Å²) in [5, 5.41) is 5.72. The minimum absolute atomic E-state index is 0.0845. The summed E-state index contributed by atoms with van der Waals surface area (Å²) >= 11 is 1.44. The summed E-state index contributed by atoms with van der Waals surface area (Å²) < 4.78 is 0. The maximum absolute atomic E-state index is 12.3. The Morgan fingerprint density at radius 2 is 2.14 bits per heavy atom. The highest BCUT2D eigenvalue weighted by atomic mass is 32.1. The van der Waals surface area contributed by atoms with Crippen molar-refractivity contribution in [1.82, 2.24) is 10.3 Å². The summed E-state index contributed by atoms with van der Waals surface area (Å²) in [5.41, 5.74) is 7.29. The molecule has 1 heterocycles. The van der Waals surface area contributed by atoms with Gasteiger partial charge in [0.15, 0.2) is 0 Å². The molecule has 21 heavy (non-hydrogen) atoms. The van der Waals surface area contributed by atoms with Crippen LogP contribution in [0.25, 0.3) is 0 Å². The lowest BCUT2D eigenvalue weighted by molar-refractivity contribution is 0.0927. The molecule has 1 amide bonds. The van der Waals surface area contributed by atoms with E-state index < -0.39 is 0 Å². The highest BCUT2D eigenvalue weighted by Crippen LogP contribution is 2.34.